The van der Waals surface area contributed by atoms with Crippen molar-refractivity contribution in [2.45, 2.75) is 56.4 Å². The second-order valence-electron chi connectivity index (χ2n) is 10.8. The number of nitrogens with zero attached hydrogens (tertiary/aromatic N) is 1. The summed E-state index contributed by atoms with van der Waals surface area (Å²) in [5.41, 5.74) is -0.495. The number of alkyl halides is 3. The SMILES string of the molecule is CCCCNC(c1ccccc1)C1CSc2c(Cc3c(F)cccc3C(F)(F)F)c(C)c(-c3cccc(OC)c3F)c(=O)n21. The van der Waals surface area contributed by atoms with Crippen LogP contribution in [0, 0.1) is 18.6 Å². The van der Waals surface area contributed by atoms with Crippen LogP contribution in [-0.2, 0) is 12.6 Å². The van der Waals surface area contributed by atoms with Gasteiger partial charge in [-0.3, -0.25) is 9.36 Å². The van der Waals surface area contributed by atoms with Crippen molar-refractivity contribution >= 4 is 11.8 Å². The molecule has 2 heterocycles. The van der Waals surface area contributed by atoms with Crippen LogP contribution in [-0.4, -0.2) is 24.0 Å². The highest BCUT2D eigenvalue weighted by Crippen LogP contribution is 2.45. The monoisotopic (exact) mass is 628 g/mol. The Morgan fingerprint density at radius 2 is 1.75 bits per heavy atom. The van der Waals surface area contributed by atoms with E-state index >= 15 is 8.78 Å². The fourth-order valence-corrected chi connectivity index (χ4v) is 7.34. The number of unbranched alkanes of at least 4 members (excludes halogenated alkanes) is 1. The Bertz CT molecular complexity index is 1710. The van der Waals surface area contributed by atoms with Gasteiger partial charge in [-0.25, -0.2) is 8.78 Å². The van der Waals surface area contributed by atoms with Gasteiger partial charge in [-0.2, -0.15) is 13.2 Å². The Hall–Kier alpha value is -3.63. The van der Waals surface area contributed by atoms with Crippen LogP contribution in [0.15, 0.2) is 76.6 Å². The number of hydrogen-bond acceptors (Lipinski definition) is 4. The van der Waals surface area contributed by atoms with Crippen LogP contribution in [0.2, 0.25) is 0 Å². The van der Waals surface area contributed by atoms with E-state index in [0.717, 1.165) is 36.6 Å². The van der Waals surface area contributed by atoms with Crippen LogP contribution in [0.3, 0.4) is 0 Å². The van der Waals surface area contributed by atoms with Crippen LogP contribution < -0.4 is 15.6 Å². The summed E-state index contributed by atoms with van der Waals surface area (Å²) in [6, 6.07) is 16.2. The van der Waals surface area contributed by atoms with Crippen LogP contribution >= 0.6 is 11.8 Å². The van der Waals surface area contributed by atoms with Crippen LogP contribution in [0.1, 0.15) is 59.7 Å². The van der Waals surface area contributed by atoms with Gasteiger partial charge in [-0.05, 0) is 54.8 Å². The molecule has 2 unspecified atom stereocenters. The number of methoxy groups -OCH3 is 1. The number of thioether (sulfide) groups is 1. The van der Waals surface area contributed by atoms with E-state index < -0.39 is 47.0 Å². The maximum atomic E-state index is 15.7. The van der Waals surface area contributed by atoms with E-state index in [1.807, 2.05) is 30.3 Å². The molecular weight excluding hydrogens is 595 g/mol. The number of hydrogen-bond donors (Lipinski definition) is 1. The van der Waals surface area contributed by atoms with E-state index in [2.05, 4.69) is 12.2 Å². The summed E-state index contributed by atoms with van der Waals surface area (Å²) in [7, 11) is 1.31. The van der Waals surface area contributed by atoms with Gasteiger partial charge < -0.3 is 10.1 Å². The Morgan fingerprint density at radius 3 is 2.43 bits per heavy atom. The Morgan fingerprint density at radius 1 is 1.02 bits per heavy atom. The summed E-state index contributed by atoms with van der Waals surface area (Å²) in [6.07, 6.45) is -3.37. The molecule has 44 heavy (non-hydrogen) atoms. The third kappa shape index (κ3) is 6.02. The topological polar surface area (TPSA) is 43.3 Å². The molecule has 0 saturated heterocycles. The summed E-state index contributed by atoms with van der Waals surface area (Å²) in [5, 5.41) is 4.04. The first-order chi connectivity index (χ1) is 21.1. The van der Waals surface area contributed by atoms with Crippen molar-refractivity contribution in [2.75, 3.05) is 19.4 Å². The molecule has 1 aliphatic heterocycles. The standard InChI is InChI=1S/C34H33F5N2O2S/c1-4-5-17-40-31(21-11-7-6-8-12-21)27-19-44-33-23(18-24-25(34(37,38)39)14-10-15-26(24)35)20(2)29(32(42)41(27)33)22-13-9-16-28(43-3)30(22)36/h6-16,27,31,40H,4-5,17-19H2,1-3H3. The minimum atomic E-state index is -4.79. The molecule has 0 radical (unpaired) electrons. The number of pyridine rings is 1. The van der Waals surface area contributed by atoms with Gasteiger partial charge >= 0.3 is 6.18 Å². The molecule has 10 heteroatoms. The van der Waals surface area contributed by atoms with E-state index in [0.29, 0.717) is 28.5 Å². The maximum Gasteiger partial charge on any atom is 0.416 e. The van der Waals surface area contributed by atoms with Crippen LogP contribution in [0.4, 0.5) is 22.0 Å². The van der Waals surface area contributed by atoms with Gasteiger partial charge in [-0.15, -0.1) is 11.8 Å². The molecule has 1 aliphatic rings. The molecule has 3 aromatic carbocycles. The van der Waals surface area contributed by atoms with E-state index in [4.69, 9.17) is 4.74 Å². The van der Waals surface area contributed by atoms with Gasteiger partial charge in [0.2, 0.25) is 0 Å². The van der Waals surface area contributed by atoms with Gasteiger partial charge in [0.1, 0.15) is 5.82 Å². The summed E-state index contributed by atoms with van der Waals surface area (Å²) in [6.45, 7) is 4.34. The summed E-state index contributed by atoms with van der Waals surface area (Å²) >= 11 is 1.35. The molecule has 5 rings (SSSR count). The zero-order valence-electron chi connectivity index (χ0n) is 24.6. The maximum absolute atomic E-state index is 15.7. The lowest BCUT2D eigenvalue weighted by Crippen LogP contribution is -2.36. The number of ether oxygens (including phenoxy) is 1. The zero-order chi connectivity index (χ0) is 31.6. The number of benzene rings is 3. The Balaban J connectivity index is 1.78. The molecule has 0 spiro atoms. The molecule has 4 aromatic rings. The third-order valence-electron chi connectivity index (χ3n) is 8.13. The highest BCUT2D eigenvalue weighted by atomic mass is 32.2. The Labute approximate surface area is 257 Å². The summed E-state index contributed by atoms with van der Waals surface area (Å²) < 4.78 is 79.8. The quantitative estimate of drug-likeness (QED) is 0.141. The first kappa shape index (κ1) is 31.8. The summed E-state index contributed by atoms with van der Waals surface area (Å²) in [4.78, 5) is 14.5. The molecule has 0 saturated carbocycles. The fourth-order valence-electron chi connectivity index (χ4n) is 5.91. The molecule has 232 valence electrons. The molecule has 0 aliphatic carbocycles. The number of aromatic nitrogens is 1. The van der Waals surface area contributed by atoms with E-state index in [1.165, 1.54) is 31.0 Å². The van der Waals surface area contributed by atoms with Crippen molar-refractivity contribution in [1.82, 2.24) is 9.88 Å². The van der Waals surface area contributed by atoms with Crippen molar-refractivity contribution < 1.29 is 26.7 Å². The van der Waals surface area contributed by atoms with E-state index in [-0.39, 0.29) is 22.9 Å². The smallest absolute Gasteiger partial charge is 0.416 e. The molecule has 4 nitrogen and oxygen atoms in total. The predicted octanol–water partition coefficient (Wildman–Crippen LogP) is 8.50. The highest BCUT2D eigenvalue weighted by molar-refractivity contribution is 7.99. The molecule has 0 amide bonds. The lowest BCUT2D eigenvalue weighted by atomic mass is 9.91. The molecule has 1 aromatic heterocycles. The number of halogens is 5. The van der Waals surface area contributed by atoms with Crippen molar-refractivity contribution in [3.63, 3.8) is 0 Å². The summed E-state index contributed by atoms with van der Waals surface area (Å²) in [5.74, 6) is -1.39. The molecule has 2 atom stereocenters. The second kappa shape index (κ2) is 13.2. The van der Waals surface area contributed by atoms with Crippen LogP contribution in [0.25, 0.3) is 11.1 Å². The highest BCUT2D eigenvalue weighted by Gasteiger charge is 2.38. The van der Waals surface area contributed by atoms with Gasteiger partial charge in [-0.1, -0.05) is 61.9 Å². The van der Waals surface area contributed by atoms with Crippen LogP contribution in [0.5, 0.6) is 5.75 Å². The van der Waals surface area contributed by atoms with Gasteiger partial charge in [0.05, 0.1) is 35.3 Å². The first-order valence-electron chi connectivity index (χ1n) is 14.4. The van der Waals surface area contributed by atoms with E-state index in [9.17, 15) is 18.0 Å². The predicted molar refractivity (Wildman–Crippen MR) is 163 cm³/mol. The normalized spacial score (nSPS) is 15.3. The van der Waals surface area contributed by atoms with Crippen molar-refractivity contribution in [1.29, 1.82) is 0 Å². The number of rotatable bonds is 10. The number of fused-ring (bicyclic) bond motifs is 1. The van der Waals surface area contributed by atoms with Gasteiger partial charge in [0.25, 0.3) is 5.56 Å². The third-order valence-corrected chi connectivity index (χ3v) is 9.35. The molecule has 1 N–H and O–H groups in total. The second-order valence-corrected chi connectivity index (χ2v) is 11.8. The van der Waals surface area contributed by atoms with Crippen molar-refractivity contribution in [3.8, 4) is 16.9 Å². The molecule has 0 bridgehead atoms. The average Bonchev–Trinajstić information content (AvgIpc) is 3.44. The van der Waals surface area contributed by atoms with Gasteiger partial charge in [0.15, 0.2) is 11.6 Å². The fraction of sp³-hybridized carbons (Fsp3) is 0.324. The lowest BCUT2D eigenvalue weighted by Gasteiger charge is -2.28. The van der Waals surface area contributed by atoms with Gasteiger partial charge in [0, 0.05) is 23.3 Å². The zero-order valence-corrected chi connectivity index (χ0v) is 25.4. The Kier molecular flexibility index (Phi) is 9.51. The van der Waals surface area contributed by atoms with Crippen molar-refractivity contribution in [2.24, 2.45) is 0 Å². The minimum absolute atomic E-state index is 0.0120. The number of nitrogens with one attached hydrogen (secondary N) is 1. The minimum Gasteiger partial charge on any atom is -0.494 e. The van der Waals surface area contributed by atoms with E-state index in [1.54, 1.807) is 17.6 Å². The first-order valence-corrected chi connectivity index (χ1v) is 15.4. The largest absolute Gasteiger partial charge is 0.494 e. The van der Waals surface area contributed by atoms with Crippen molar-refractivity contribution in [3.05, 3.63) is 117 Å². The molecule has 0 fully saturated rings. The average molecular weight is 629 g/mol. The lowest BCUT2D eigenvalue weighted by molar-refractivity contribution is -0.138. The molecular formula is C34H33F5N2O2S.